The maximum absolute atomic E-state index is 10.5. The molecule has 2 aromatic carbocycles. The van der Waals surface area contributed by atoms with Crippen LogP contribution in [-0.4, -0.2) is 11.7 Å². The lowest BCUT2D eigenvalue weighted by molar-refractivity contribution is 0.00380. The molecule has 0 aromatic heterocycles. The third-order valence-electron chi connectivity index (χ3n) is 3.85. The summed E-state index contributed by atoms with van der Waals surface area (Å²) in [7, 11) is 0. The number of aliphatic hydroxyl groups excluding tert-OH is 1. The summed E-state index contributed by atoms with van der Waals surface area (Å²) in [4.78, 5) is 0. The Bertz CT molecular complexity index is 642. The Hall–Kier alpha value is -1.06. The van der Waals surface area contributed by atoms with Crippen molar-refractivity contribution in [1.82, 2.24) is 0 Å². The molecule has 21 heavy (non-hydrogen) atoms. The van der Waals surface area contributed by atoms with Gasteiger partial charge in [0.2, 0.25) is 0 Å². The molecule has 1 aliphatic heterocycles. The predicted molar refractivity (Wildman–Crippen MR) is 84.9 cm³/mol. The lowest BCUT2D eigenvalue weighted by atomic mass is 9.92. The van der Waals surface area contributed by atoms with Gasteiger partial charge in [0.25, 0.3) is 0 Å². The Morgan fingerprint density at radius 3 is 2.86 bits per heavy atom. The Kier molecular flexibility index (Phi) is 4.51. The zero-order valence-corrected chi connectivity index (χ0v) is 12.9. The molecule has 0 saturated heterocycles. The Morgan fingerprint density at radius 2 is 2.00 bits per heavy atom. The summed E-state index contributed by atoms with van der Waals surface area (Å²) in [6.07, 6.45) is 0.574. The molecule has 1 heterocycles. The average molecular weight is 323 g/mol. The second-order valence-corrected chi connectivity index (χ2v) is 6.07. The molecule has 0 bridgehead atoms. The third kappa shape index (κ3) is 3.24. The van der Waals surface area contributed by atoms with Gasteiger partial charge >= 0.3 is 0 Å². The molecule has 4 heteroatoms. The minimum absolute atomic E-state index is 0.111. The van der Waals surface area contributed by atoms with Gasteiger partial charge in [-0.05, 0) is 35.7 Å². The van der Waals surface area contributed by atoms with Crippen LogP contribution in [0.3, 0.4) is 0 Å². The maximum Gasteiger partial charge on any atom is 0.0855 e. The average Bonchev–Trinajstić information content (AvgIpc) is 2.50. The fourth-order valence-corrected chi connectivity index (χ4v) is 3.20. The van der Waals surface area contributed by atoms with Crippen molar-refractivity contribution in [2.75, 3.05) is 6.61 Å². The summed E-state index contributed by atoms with van der Waals surface area (Å²) in [5, 5.41) is 11.6. The van der Waals surface area contributed by atoms with Crippen molar-refractivity contribution in [1.29, 1.82) is 0 Å². The van der Waals surface area contributed by atoms with Gasteiger partial charge in [0, 0.05) is 22.0 Å². The van der Waals surface area contributed by atoms with E-state index in [1.54, 1.807) is 18.2 Å². The van der Waals surface area contributed by atoms with Crippen molar-refractivity contribution in [3.8, 4) is 0 Å². The van der Waals surface area contributed by atoms with Gasteiger partial charge in [0.15, 0.2) is 0 Å². The van der Waals surface area contributed by atoms with E-state index in [4.69, 9.17) is 27.9 Å². The van der Waals surface area contributed by atoms with Crippen molar-refractivity contribution in [3.63, 3.8) is 0 Å². The van der Waals surface area contributed by atoms with Crippen LogP contribution >= 0.6 is 23.2 Å². The highest BCUT2D eigenvalue weighted by atomic mass is 35.5. The first-order chi connectivity index (χ1) is 10.1. The summed E-state index contributed by atoms with van der Waals surface area (Å²) in [6, 6.07) is 13.3. The summed E-state index contributed by atoms with van der Waals surface area (Å²) in [6.45, 7) is 0.678. The van der Waals surface area contributed by atoms with E-state index >= 15 is 0 Å². The normalized spacial score (nSPS) is 19.1. The third-order valence-corrected chi connectivity index (χ3v) is 4.43. The highest BCUT2D eigenvalue weighted by molar-refractivity contribution is 6.33. The van der Waals surface area contributed by atoms with Crippen molar-refractivity contribution >= 4 is 23.2 Å². The molecule has 3 rings (SSSR count). The first-order valence-electron chi connectivity index (χ1n) is 6.97. The predicted octanol–water partition coefficient (Wildman–Crippen LogP) is 4.73. The van der Waals surface area contributed by atoms with Gasteiger partial charge in [-0.3, -0.25) is 0 Å². The molecule has 0 amide bonds. The summed E-state index contributed by atoms with van der Waals surface area (Å²) in [5.74, 6) is 0. The quantitative estimate of drug-likeness (QED) is 0.885. The highest BCUT2D eigenvalue weighted by Crippen LogP contribution is 2.36. The van der Waals surface area contributed by atoms with E-state index in [-0.39, 0.29) is 6.10 Å². The molecule has 0 fully saturated rings. The molecule has 0 saturated carbocycles. The van der Waals surface area contributed by atoms with Crippen LogP contribution in [0.25, 0.3) is 0 Å². The lowest BCUT2D eigenvalue weighted by Crippen LogP contribution is -2.18. The van der Waals surface area contributed by atoms with E-state index in [2.05, 4.69) is 12.1 Å². The van der Waals surface area contributed by atoms with Gasteiger partial charge in [0.05, 0.1) is 18.8 Å². The molecule has 0 aliphatic carbocycles. The van der Waals surface area contributed by atoms with Crippen LogP contribution in [0.4, 0.5) is 0 Å². The van der Waals surface area contributed by atoms with Crippen LogP contribution in [0.5, 0.6) is 0 Å². The maximum atomic E-state index is 10.5. The molecular formula is C17H16Cl2O2. The van der Waals surface area contributed by atoms with E-state index in [0.29, 0.717) is 28.6 Å². The van der Waals surface area contributed by atoms with E-state index < -0.39 is 6.10 Å². The number of benzene rings is 2. The van der Waals surface area contributed by atoms with Gasteiger partial charge in [-0.2, -0.15) is 0 Å². The minimum Gasteiger partial charge on any atom is -0.388 e. The zero-order chi connectivity index (χ0) is 14.8. The Morgan fingerprint density at radius 1 is 1.19 bits per heavy atom. The largest absolute Gasteiger partial charge is 0.388 e. The van der Waals surface area contributed by atoms with Gasteiger partial charge in [-0.25, -0.2) is 0 Å². The van der Waals surface area contributed by atoms with Gasteiger partial charge in [-0.15, -0.1) is 0 Å². The first-order valence-corrected chi connectivity index (χ1v) is 7.73. The molecule has 2 nitrogen and oxygen atoms in total. The summed E-state index contributed by atoms with van der Waals surface area (Å²) < 4.78 is 5.83. The number of aliphatic hydroxyl groups is 1. The zero-order valence-electron chi connectivity index (χ0n) is 11.4. The standard InChI is InChI=1S/C17H16Cl2O2/c18-12-5-6-15(19)14(9-12)16(20)10-17-13-4-2-1-3-11(13)7-8-21-17/h1-6,9,16-17,20H,7-8,10H2. The topological polar surface area (TPSA) is 29.5 Å². The molecule has 0 spiro atoms. The number of rotatable bonds is 3. The van der Waals surface area contributed by atoms with Crippen molar-refractivity contribution < 1.29 is 9.84 Å². The SMILES string of the molecule is OC(CC1OCCc2ccccc21)c1cc(Cl)ccc1Cl. The van der Waals surface area contributed by atoms with E-state index in [1.165, 1.54) is 5.56 Å². The first kappa shape index (κ1) is 14.9. The number of hydrogen-bond acceptors (Lipinski definition) is 2. The van der Waals surface area contributed by atoms with E-state index in [0.717, 1.165) is 12.0 Å². The molecule has 2 atom stereocenters. The second-order valence-electron chi connectivity index (χ2n) is 5.23. The van der Waals surface area contributed by atoms with Crippen LogP contribution in [0.2, 0.25) is 10.0 Å². The van der Waals surface area contributed by atoms with Crippen LogP contribution < -0.4 is 0 Å². The van der Waals surface area contributed by atoms with Gasteiger partial charge in [-0.1, -0.05) is 47.5 Å². The van der Waals surface area contributed by atoms with Crippen LogP contribution in [0, 0.1) is 0 Å². The second kappa shape index (κ2) is 6.37. The van der Waals surface area contributed by atoms with E-state index in [9.17, 15) is 5.11 Å². The number of hydrogen-bond donors (Lipinski definition) is 1. The number of halogens is 2. The molecule has 2 unspecified atom stereocenters. The van der Waals surface area contributed by atoms with Crippen LogP contribution in [0.1, 0.15) is 35.3 Å². The van der Waals surface area contributed by atoms with E-state index in [1.807, 2.05) is 12.1 Å². The monoisotopic (exact) mass is 322 g/mol. The Labute approximate surface area is 134 Å². The van der Waals surface area contributed by atoms with Crippen LogP contribution in [0.15, 0.2) is 42.5 Å². The summed E-state index contributed by atoms with van der Waals surface area (Å²) >= 11 is 12.1. The molecule has 2 aromatic rings. The van der Waals surface area contributed by atoms with Crippen molar-refractivity contribution in [2.45, 2.75) is 25.0 Å². The van der Waals surface area contributed by atoms with Crippen LogP contribution in [-0.2, 0) is 11.2 Å². The summed E-state index contributed by atoms with van der Waals surface area (Å²) in [5.41, 5.74) is 3.09. The molecular weight excluding hydrogens is 307 g/mol. The molecule has 1 aliphatic rings. The molecule has 0 radical (unpaired) electrons. The molecule has 1 N–H and O–H groups in total. The van der Waals surface area contributed by atoms with Gasteiger partial charge in [0.1, 0.15) is 0 Å². The number of fused-ring (bicyclic) bond motifs is 1. The highest BCUT2D eigenvalue weighted by Gasteiger charge is 2.24. The fraction of sp³-hybridized carbons (Fsp3) is 0.294. The van der Waals surface area contributed by atoms with Crippen molar-refractivity contribution in [2.24, 2.45) is 0 Å². The lowest BCUT2D eigenvalue weighted by Gasteiger charge is -2.28. The number of ether oxygens (including phenoxy) is 1. The smallest absolute Gasteiger partial charge is 0.0855 e. The Balaban J connectivity index is 1.82. The minimum atomic E-state index is -0.702. The van der Waals surface area contributed by atoms with Gasteiger partial charge < -0.3 is 9.84 Å². The molecule has 110 valence electrons. The fourth-order valence-electron chi connectivity index (χ4n) is 2.77. The van der Waals surface area contributed by atoms with Crippen molar-refractivity contribution in [3.05, 3.63) is 69.2 Å².